The average molecular weight is 586 g/mol. The summed E-state index contributed by atoms with van der Waals surface area (Å²) in [5.41, 5.74) is 0.497. The van der Waals surface area contributed by atoms with Gasteiger partial charge < -0.3 is 34.3 Å². The van der Waals surface area contributed by atoms with E-state index in [1.54, 1.807) is 41.9 Å². The normalized spacial score (nSPS) is 16.9. The van der Waals surface area contributed by atoms with Gasteiger partial charge in [-0.3, -0.25) is 14.5 Å². The van der Waals surface area contributed by atoms with E-state index in [9.17, 15) is 19.2 Å². The molecule has 0 bridgehead atoms. The Hall–Kier alpha value is -4.95. The Morgan fingerprint density at radius 2 is 1.83 bits per heavy atom. The molecule has 42 heavy (non-hydrogen) atoms. The van der Waals surface area contributed by atoms with Gasteiger partial charge in [0.05, 0.1) is 31.9 Å². The van der Waals surface area contributed by atoms with Crippen molar-refractivity contribution in [1.29, 1.82) is 0 Å². The lowest BCUT2D eigenvalue weighted by Crippen LogP contribution is -2.51. The molecule has 222 valence electrons. The van der Waals surface area contributed by atoms with E-state index in [2.05, 4.69) is 15.6 Å². The molecule has 4 amide bonds. The number of carbonyl (C=O) groups excluding carboxylic acids is 4. The van der Waals surface area contributed by atoms with Crippen molar-refractivity contribution >= 4 is 41.0 Å². The Balaban J connectivity index is 1.13. The average Bonchev–Trinajstić information content (AvgIpc) is 3.58. The minimum Gasteiger partial charge on any atom is -0.450 e. The number of hydrogen-bond donors (Lipinski definition) is 2. The summed E-state index contributed by atoms with van der Waals surface area (Å²) in [5.74, 6) is -2.56. The molecular formula is C27H29F2N7O6. The van der Waals surface area contributed by atoms with Crippen molar-refractivity contribution < 1.29 is 37.4 Å². The summed E-state index contributed by atoms with van der Waals surface area (Å²) in [6, 6.07) is 7.46. The summed E-state index contributed by atoms with van der Waals surface area (Å²) < 4.78 is 41.9. The fourth-order valence-electron chi connectivity index (χ4n) is 4.81. The molecule has 2 fully saturated rings. The fraction of sp³-hybridized carbons (Fsp3) is 0.370. The number of cyclic esters (lactones) is 1. The van der Waals surface area contributed by atoms with Crippen molar-refractivity contribution in [2.24, 2.45) is 0 Å². The second kappa shape index (κ2) is 12.3. The molecule has 1 atom stereocenters. The van der Waals surface area contributed by atoms with Crippen LogP contribution in [0, 0.1) is 11.6 Å². The molecule has 1 aromatic carbocycles. The number of nitrogens with one attached hydrogen (secondary N) is 2. The van der Waals surface area contributed by atoms with Gasteiger partial charge in [-0.2, -0.15) is 0 Å². The molecule has 2 aliphatic rings. The maximum absolute atomic E-state index is 15.1. The van der Waals surface area contributed by atoms with Crippen LogP contribution < -0.4 is 20.4 Å². The van der Waals surface area contributed by atoms with Crippen LogP contribution in [0.5, 0.6) is 0 Å². The third-order valence-electron chi connectivity index (χ3n) is 6.88. The molecule has 13 nitrogen and oxygen atoms in total. The maximum atomic E-state index is 15.1. The summed E-state index contributed by atoms with van der Waals surface area (Å²) in [5, 5.41) is 5.03. The van der Waals surface area contributed by atoms with Crippen molar-refractivity contribution in [3.05, 3.63) is 60.1 Å². The maximum Gasteiger partial charge on any atom is 0.414 e. The molecule has 1 unspecified atom stereocenters. The van der Waals surface area contributed by atoms with Crippen LogP contribution in [-0.2, 0) is 14.3 Å². The number of carbonyl (C=O) groups is 4. The van der Waals surface area contributed by atoms with Gasteiger partial charge >= 0.3 is 12.2 Å². The molecule has 15 heteroatoms. The number of fused-ring (bicyclic) bond motifs is 1. The third kappa shape index (κ3) is 6.19. The van der Waals surface area contributed by atoms with Gasteiger partial charge in [0.1, 0.15) is 23.1 Å². The van der Waals surface area contributed by atoms with Crippen LogP contribution in [0.15, 0.2) is 42.7 Å². The molecule has 5 rings (SSSR count). The van der Waals surface area contributed by atoms with Gasteiger partial charge in [-0.15, -0.1) is 0 Å². The number of benzene rings is 1. The molecule has 0 radical (unpaired) electrons. The van der Waals surface area contributed by atoms with E-state index < -0.39 is 35.8 Å². The number of hydrogen-bond acceptors (Lipinski definition) is 8. The van der Waals surface area contributed by atoms with Gasteiger partial charge in [0.25, 0.3) is 5.91 Å². The topological polar surface area (TPSA) is 138 Å². The first-order valence-corrected chi connectivity index (χ1v) is 13.4. The van der Waals surface area contributed by atoms with Crippen molar-refractivity contribution in [2.45, 2.75) is 13.0 Å². The zero-order valence-electron chi connectivity index (χ0n) is 22.7. The molecule has 0 spiro atoms. The van der Waals surface area contributed by atoms with Crippen LogP contribution >= 0.6 is 0 Å². The highest BCUT2D eigenvalue weighted by Crippen LogP contribution is 2.31. The highest BCUT2D eigenvalue weighted by Gasteiger charge is 2.34. The molecule has 2 aliphatic heterocycles. The number of aromatic nitrogens is 2. The monoisotopic (exact) mass is 585 g/mol. The fourth-order valence-corrected chi connectivity index (χ4v) is 4.81. The predicted molar refractivity (Wildman–Crippen MR) is 145 cm³/mol. The minimum absolute atomic E-state index is 0.0159. The van der Waals surface area contributed by atoms with Crippen molar-refractivity contribution in [3.63, 3.8) is 0 Å². The molecule has 2 N–H and O–H groups in total. The van der Waals surface area contributed by atoms with E-state index in [1.165, 1.54) is 9.80 Å². The molecule has 0 saturated carbocycles. The van der Waals surface area contributed by atoms with Gasteiger partial charge in [0.2, 0.25) is 5.91 Å². The van der Waals surface area contributed by atoms with Gasteiger partial charge in [-0.05, 0) is 19.1 Å². The van der Waals surface area contributed by atoms with Crippen molar-refractivity contribution in [1.82, 2.24) is 24.9 Å². The first-order chi connectivity index (χ1) is 20.2. The first kappa shape index (κ1) is 28.6. The van der Waals surface area contributed by atoms with Gasteiger partial charge in [0.15, 0.2) is 11.6 Å². The van der Waals surface area contributed by atoms with Gasteiger partial charge in [0, 0.05) is 50.7 Å². The van der Waals surface area contributed by atoms with E-state index in [0.717, 1.165) is 17.0 Å². The SMILES string of the molecule is CCOC(=O)NCC1CN(c2cc(F)c(N3CCN(C(=O)CNC(=O)c4cn5ccccc5n4)CC3)c(F)c2)C(=O)O1. The quantitative estimate of drug-likeness (QED) is 0.408. The van der Waals surface area contributed by atoms with E-state index in [0.29, 0.717) is 5.65 Å². The van der Waals surface area contributed by atoms with E-state index >= 15 is 8.78 Å². The van der Waals surface area contributed by atoms with Crippen LogP contribution in [0.1, 0.15) is 17.4 Å². The lowest BCUT2D eigenvalue weighted by molar-refractivity contribution is -0.130. The standard InChI is InChI=1S/C27H29F2N7O6/c1-2-41-26(39)31-13-18-15-36(27(40)42-18)17-11-19(28)24(20(29)12-17)34-9-7-33(8-10-34)23(37)14-30-25(38)21-16-35-6-4-3-5-22(35)32-21/h3-6,11-12,16,18H,2,7-10,13-15H2,1H3,(H,30,38)(H,31,39). The van der Waals surface area contributed by atoms with Crippen LogP contribution in [0.2, 0.25) is 0 Å². The lowest BCUT2D eigenvalue weighted by Gasteiger charge is -2.36. The number of rotatable bonds is 8. The Kier molecular flexibility index (Phi) is 8.36. The van der Waals surface area contributed by atoms with Crippen LogP contribution in [0.25, 0.3) is 5.65 Å². The van der Waals surface area contributed by atoms with Crippen LogP contribution in [0.3, 0.4) is 0 Å². The molecule has 2 aromatic heterocycles. The lowest BCUT2D eigenvalue weighted by atomic mass is 10.2. The number of pyridine rings is 1. The number of ether oxygens (including phenoxy) is 2. The van der Waals surface area contributed by atoms with Crippen LogP contribution in [-0.4, -0.2) is 96.8 Å². The Bertz CT molecular complexity index is 1450. The van der Waals surface area contributed by atoms with Crippen LogP contribution in [0.4, 0.5) is 29.7 Å². The Labute approximate surface area is 239 Å². The number of imidazole rings is 1. The number of amides is 4. The van der Waals surface area contributed by atoms with Crippen molar-refractivity contribution in [3.8, 4) is 0 Å². The smallest absolute Gasteiger partial charge is 0.414 e. The molecule has 3 aromatic rings. The largest absolute Gasteiger partial charge is 0.450 e. The zero-order chi connectivity index (χ0) is 29.8. The minimum atomic E-state index is -0.870. The Morgan fingerprint density at radius 1 is 1.10 bits per heavy atom. The third-order valence-corrected chi connectivity index (χ3v) is 6.88. The van der Waals surface area contributed by atoms with Gasteiger partial charge in [-0.25, -0.2) is 23.4 Å². The Morgan fingerprint density at radius 3 is 2.52 bits per heavy atom. The zero-order valence-corrected chi connectivity index (χ0v) is 22.7. The van der Waals surface area contributed by atoms with Crippen molar-refractivity contribution in [2.75, 3.05) is 62.2 Å². The van der Waals surface area contributed by atoms with E-state index in [-0.39, 0.29) is 75.4 Å². The number of nitrogens with zero attached hydrogens (tertiary/aromatic N) is 5. The molecular weight excluding hydrogens is 556 g/mol. The number of piperazine rings is 1. The number of alkyl carbamates (subject to hydrolysis) is 1. The highest BCUT2D eigenvalue weighted by atomic mass is 19.1. The summed E-state index contributed by atoms with van der Waals surface area (Å²) in [4.78, 5) is 57.2. The second-order valence-electron chi connectivity index (χ2n) is 9.62. The first-order valence-electron chi connectivity index (χ1n) is 13.4. The molecule has 0 aliphatic carbocycles. The summed E-state index contributed by atoms with van der Waals surface area (Å²) in [7, 11) is 0. The second-order valence-corrected chi connectivity index (χ2v) is 9.62. The summed E-state index contributed by atoms with van der Waals surface area (Å²) >= 11 is 0. The summed E-state index contributed by atoms with van der Waals surface area (Å²) in [6.45, 7) is 2.26. The number of halogens is 2. The highest BCUT2D eigenvalue weighted by molar-refractivity contribution is 5.95. The van der Waals surface area contributed by atoms with Gasteiger partial charge in [-0.1, -0.05) is 6.07 Å². The number of anilines is 2. The van der Waals surface area contributed by atoms with E-state index in [4.69, 9.17) is 9.47 Å². The summed E-state index contributed by atoms with van der Waals surface area (Å²) in [6.07, 6.45) is 1.15. The molecule has 4 heterocycles. The molecule has 2 saturated heterocycles. The van der Waals surface area contributed by atoms with E-state index in [1.807, 2.05) is 0 Å². The predicted octanol–water partition coefficient (Wildman–Crippen LogP) is 1.76.